The fraction of sp³-hybridized carbons (Fsp3) is 0.957. The molecule has 0 aliphatic heterocycles. The summed E-state index contributed by atoms with van der Waals surface area (Å²) in [6.45, 7) is 18.9. The molecule has 6 nitrogen and oxygen atoms in total. The fourth-order valence-corrected chi connectivity index (χ4v) is 9.71. The van der Waals surface area contributed by atoms with Crippen molar-refractivity contribution in [3.05, 3.63) is 0 Å². The number of carbonyl (C=O) groups is 3. The first-order valence-electron chi connectivity index (χ1n) is 34.6. The summed E-state index contributed by atoms with van der Waals surface area (Å²) in [7, 11) is 0. The quantitative estimate of drug-likeness (QED) is 0.0343. The molecule has 6 heteroatoms. The van der Waals surface area contributed by atoms with E-state index in [1.165, 1.54) is 308 Å². The average Bonchev–Trinajstić information content (AvgIpc) is 3.40. The standard InChI is InChI=1S/C31H62O2.C21H42O2.C18H36O2/c1-3-5-7-9-11-13-15-16-17-18-19-21-23-25-27-29-31(32)33-30-28-26-24-22-20-14-12-10-8-6-4-2;1-3-5-7-9-10-11-12-13-14-16-18-20-23-21(22)19-17-15-8-6-4-2;1-5-6-7-8-9-10-11-12-13-14-15-16-20-17(19)18(2,3)4/h3-30H2,1-2H3;3-20H2,1-2H3;5-16H2,1-4H3. The summed E-state index contributed by atoms with van der Waals surface area (Å²) < 4.78 is 15.9. The van der Waals surface area contributed by atoms with E-state index in [0.29, 0.717) is 32.7 Å². The molecule has 0 heterocycles. The highest BCUT2D eigenvalue weighted by Crippen LogP contribution is 2.18. The van der Waals surface area contributed by atoms with Gasteiger partial charge in [-0.3, -0.25) is 14.4 Å². The molecule has 0 N–H and O–H groups in total. The molecule has 0 aromatic carbocycles. The average molecular weight is 1080 g/mol. The van der Waals surface area contributed by atoms with Crippen molar-refractivity contribution in [2.24, 2.45) is 5.41 Å². The second-order valence-corrected chi connectivity index (χ2v) is 24.3. The molecule has 0 saturated heterocycles. The van der Waals surface area contributed by atoms with Crippen molar-refractivity contribution in [3.63, 3.8) is 0 Å². The maximum atomic E-state index is 11.8. The van der Waals surface area contributed by atoms with E-state index in [4.69, 9.17) is 14.2 Å². The van der Waals surface area contributed by atoms with Crippen LogP contribution in [0.25, 0.3) is 0 Å². The lowest BCUT2D eigenvalue weighted by Crippen LogP contribution is -2.23. The molecule has 456 valence electrons. The first kappa shape index (κ1) is 78.6. The first-order chi connectivity index (χ1) is 37.1. The van der Waals surface area contributed by atoms with Crippen molar-refractivity contribution in [3.8, 4) is 0 Å². The minimum absolute atomic E-state index is 0.00794. The predicted octanol–water partition coefficient (Wildman–Crippen LogP) is 24.2. The summed E-state index contributed by atoms with van der Waals surface area (Å²) in [5, 5.41) is 0. The summed E-state index contributed by atoms with van der Waals surface area (Å²) in [5.74, 6) is -0.0464. The molecular formula is C70H140O6. The summed E-state index contributed by atoms with van der Waals surface area (Å²) in [4.78, 5) is 34.9. The Balaban J connectivity index is -0.00000109. The second-order valence-electron chi connectivity index (χ2n) is 24.3. The van der Waals surface area contributed by atoms with E-state index in [0.717, 1.165) is 32.1 Å². The molecule has 0 amide bonds. The van der Waals surface area contributed by atoms with Gasteiger partial charge in [0.1, 0.15) is 0 Å². The zero-order valence-corrected chi connectivity index (χ0v) is 53.5. The van der Waals surface area contributed by atoms with Crippen LogP contribution in [0, 0.1) is 5.41 Å². The smallest absolute Gasteiger partial charge is 0.311 e. The summed E-state index contributed by atoms with van der Waals surface area (Å²) in [6, 6.07) is 0. The Morgan fingerprint density at radius 1 is 0.224 bits per heavy atom. The molecule has 0 aromatic rings. The molecule has 0 aromatic heterocycles. The van der Waals surface area contributed by atoms with Crippen LogP contribution in [-0.4, -0.2) is 37.7 Å². The number of hydrogen-bond donors (Lipinski definition) is 0. The van der Waals surface area contributed by atoms with Crippen molar-refractivity contribution in [1.29, 1.82) is 0 Å². The molecule has 0 bridgehead atoms. The second kappa shape index (κ2) is 69.5. The van der Waals surface area contributed by atoms with Gasteiger partial charge in [0.2, 0.25) is 0 Å². The molecule has 0 spiro atoms. The van der Waals surface area contributed by atoms with Gasteiger partial charge in [-0.1, -0.05) is 343 Å². The Bertz CT molecular complexity index is 1100. The molecule has 0 radical (unpaired) electrons. The third-order valence-corrected chi connectivity index (χ3v) is 15.1. The van der Waals surface area contributed by atoms with Crippen molar-refractivity contribution >= 4 is 17.9 Å². The Hall–Kier alpha value is -1.59. The lowest BCUT2D eigenvalue weighted by atomic mass is 9.97. The highest BCUT2D eigenvalue weighted by Gasteiger charge is 2.22. The zero-order chi connectivity index (χ0) is 56.4. The van der Waals surface area contributed by atoms with Crippen LogP contribution >= 0.6 is 0 Å². The van der Waals surface area contributed by atoms with Crippen molar-refractivity contribution < 1.29 is 28.6 Å². The molecule has 0 rings (SSSR count). The van der Waals surface area contributed by atoms with Crippen molar-refractivity contribution in [1.82, 2.24) is 0 Å². The molecule has 0 fully saturated rings. The van der Waals surface area contributed by atoms with Gasteiger partial charge in [-0.15, -0.1) is 0 Å². The lowest BCUT2D eigenvalue weighted by Gasteiger charge is -2.16. The summed E-state index contributed by atoms with van der Waals surface area (Å²) in [6.07, 6.45) is 71.5. The van der Waals surface area contributed by atoms with Gasteiger partial charge in [0.25, 0.3) is 0 Å². The number of ether oxygens (including phenoxy) is 3. The van der Waals surface area contributed by atoms with Crippen LogP contribution in [0.1, 0.15) is 409 Å². The van der Waals surface area contributed by atoms with Crippen LogP contribution in [0.4, 0.5) is 0 Å². The van der Waals surface area contributed by atoms with Crippen LogP contribution in [0.2, 0.25) is 0 Å². The zero-order valence-electron chi connectivity index (χ0n) is 53.5. The van der Waals surface area contributed by atoms with E-state index in [-0.39, 0.29) is 23.3 Å². The van der Waals surface area contributed by atoms with Gasteiger partial charge in [0.15, 0.2) is 0 Å². The largest absolute Gasteiger partial charge is 0.466 e. The van der Waals surface area contributed by atoms with E-state index >= 15 is 0 Å². The summed E-state index contributed by atoms with van der Waals surface area (Å²) in [5.41, 5.74) is -0.363. The maximum Gasteiger partial charge on any atom is 0.311 e. The molecule has 0 saturated carbocycles. The molecule has 0 aliphatic rings. The first-order valence-corrected chi connectivity index (χ1v) is 34.6. The third kappa shape index (κ3) is 74.5. The van der Waals surface area contributed by atoms with Gasteiger partial charge in [0, 0.05) is 12.8 Å². The van der Waals surface area contributed by atoms with Gasteiger partial charge in [-0.2, -0.15) is 0 Å². The summed E-state index contributed by atoms with van der Waals surface area (Å²) >= 11 is 0. The van der Waals surface area contributed by atoms with Gasteiger partial charge in [-0.25, -0.2) is 0 Å². The lowest BCUT2D eigenvalue weighted by molar-refractivity contribution is -0.153. The van der Waals surface area contributed by atoms with E-state index in [9.17, 15) is 14.4 Å². The van der Waals surface area contributed by atoms with Gasteiger partial charge >= 0.3 is 17.9 Å². The Morgan fingerprint density at radius 2 is 0.382 bits per heavy atom. The van der Waals surface area contributed by atoms with Crippen LogP contribution < -0.4 is 0 Å². The van der Waals surface area contributed by atoms with Gasteiger partial charge < -0.3 is 14.2 Å². The topological polar surface area (TPSA) is 78.9 Å². The number of carbonyl (C=O) groups excluding carboxylic acids is 3. The van der Waals surface area contributed by atoms with Crippen molar-refractivity contribution in [2.45, 2.75) is 409 Å². The Morgan fingerprint density at radius 3 is 0.566 bits per heavy atom. The molecular weight excluding hydrogens is 937 g/mol. The highest BCUT2D eigenvalue weighted by molar-refractivity contribution is 5.75. The number of rotatable bonds is 58. The third-order valence-electron chi connectivity index (χ3n) is 15.1. The van der Waals surface area contributed by atoms with Crippen LogP contribution in [-0.2, 0) is 28.6 Å². The maximum absolute atomic E-state index is 11.8. The van der Waals surface area contributed by atoms with Gasteiger partial charge in [0.05, 0.1) is 25.2 Å². The molecule has 76 heavy (non-hydrogen) atoms. The van der Waals surface area contributed by atoms with Crippen LogP contribution in [0.5, 0.6) is 0 Å². The number of esters is 3. The minimum Gasteiger partial charge on any atom is -0.466 e. The van der Waals surface area contributed by atoms with Crippen molar-refractivity contribution in [2.75, 3.05) is 19.8 Å². The molecule has 0 atom stereocenters. The molecule has 0 aliphatic carbocycles. The van der Waals surface area contributed by atoms with E-state index in [1.54, 1.807) is 0 Å². The fourth-order valence-electron chi connectivity index (χ4n) is 9.71. The van der Waals surface area contributed by atoms with E-state index in [2.05, 4.69) is 34.6 Å². The van der Waals surface area contributed by atoms with Crippen LogP contribution in [0.15, 0.2) is 0 Å². The minimum atomic E-state index is -0.363. The monoisotopic (exact) mass is 1080 g/mol. The molecule has 0 unspecified atom stereocenters. The normalized spacial score (nSPS) is 11.2. The number of unbranched alkanes of at least 4 members (excludes halogenated alkanes) is 48. The number of hydrogen-bond acceptors (Lipinski definition) is 6. The SMILES string of the molecule is CCCCCCCCCCCCCCCCCC(=O)OCCCCCCCCCCCCC.CCCCCCCCCCCCCOC(=O)C(C)(C)C.CCCCCCCCCCCCCOC(=O)CCCCCCC. The highest BCUT2D eigenvalue weighted by atomic mass is 16.5. The predicted molar refractivity (Wildman–Crippen MR) is 335 cm³/mol. The Kier molecular flexibility index (Phi) is 71.9. The Labute approximate surface area is 478 Å². The van der Waals surface area contributed by atoms with Gasteiger partial charge in [-0.05, 0) is 52.9 Å². The van der Waals surface area contributed by atoms with Crippen LogP contribution in [0.3, 0.4) is 0 Å². The van der Waals surface area contributed by atoms with E-state index in [1.807, 2.05) is 20.8 Å². The van der Waals surface area contributed by atoms with E-state index < -0.39 is 0 Å².